The molecule has 1 saturated heterocycles. The molecule has 0 saturated carbocycles. The molecule has 154 valence electrons. The lowest BCUT2D eigenvalue weighted by molar-refractivity contribution is 0.0600. The third-order valence-electron chi connectivity index (χ3n) is 4.86. The van der Waals surface area contributed by atoms with Crippen molar-refractivity contribution < 1.29 is 22.7 Å². The van der Waals surface area contributed by atoms with Gasteiger partial charge in [-0.1, -0.05) is 18.9 Å². The number of esters is 1. The zero-order valence-electron chi connectivity index (χ0n) is 16.3. The lowest BCUT2D eigenvalue weighted by Crippen LogP contribution is -2.32. The van der Waals surface area contributed by atoms with E-state index >= 15 is 0 Å². The van der Waals surface area contributed by atoms with E-state index in [-0.39, 0.29) is 10.5 Å². The van der Waals surface area contributed by atoms with Crippen molar-refractivity contribution in [1.29, 1.82) is 0 Å². The second kappa shape index (κ2) is 9.19. The van der Waals surface area contributed by atoms with Gasteiger partial charge in [0.25, 0.3) is 5.91 Å². The van der Waals surface area contributed by atoms with E-state index in [1.165, 1.54) is 23.5 Å². The number of benzene rings is 2. The molecule has 0 atom stereocenters. The summed E-state index contributed by atoms with van der Waals surface area (Å²) >= 11 is 0. The SMILES string of the molecule is COC(=O)c1ccc(NC(=O)c2cccc(S(=O)(=O)N3CCCCCC3)c2)cc1. The molecule has 2 aromatic carbocycles. The van der Waals surface area contributed by atoms with Gasteiger partial charge in [-0.15, -0.1) is 0 Å². The summed E-state index contributed by atoms with van der Waals surface area (Å²) in [5, 5.41) is 2.71. The van der Waals surface area contributed by atoms with Crippen LogP contribution in [0.3, 0.4) is 0 Å². The Morgan fingerprint density at radius 3 is 2.21 bits per heavy atom. The molecule has 7 nitrogen and oxygen atoms in total. The van der Waals surface area contributed by atoms with Gasteiger partial charge in [0.15, 0.2) is 0 Å². The van der Waals surface area contributed by atoms with Crippen LogP contribution < -0.4 is 5.32 Å². The molecule has 1 N–H and O–H groups in total. The number of hydrogen-bond acceptors (Lipinski definition) is 5. The molecule has 1 fully saturated rings. The van der Waals surface area contributed by atoms with E-state index in [0.717, 1.165) is 25.7 Å². The number of nitrogens with one attached hydrogen (secondary N) is 1. The molecular formula is C21H24N2O5S. The highest BCUT2D eigenvalue weighted by Gasteiger charge is 2.25. The van der Waals surface area contributed by atoms with Crippen LogP contribution >= 0.6 is 0 Å². The number of nitrogens with zero attached hydrogens (tertiary/aromatic N) is 1. The van der Waals surface area contributed by atoms with E-state index in [4.69, 9.17) is 0 Å². The van der Waals surface area contributed by atoms with Crippen LogP contribution in [0.1, 0.15) is 46.4 Å². The molecule has 1 amide bonds. The molecule has 3 rings (SSSR count). The molecular weight excluding hydrogens is 392 g/mol. The van der Waals surface area contributed by atoms with Crippen LogP contribution in [0.5, 0.6) is 0 Å². The summed E-state index contributed by atoms with van der Waals surface area (Å²) in [6.07, 6.45) is 3.76. The number of hydrogen-bond donors (Lipinski definition) is 1. The van der Waals surface area contributed by atoms with Gasteiger partial charge < -0.3 is 10.1 Å². The largest absolute Gasteiger partial charge is 0.465 e. The van der Waals surface area contributed by atoms with Crippen LogP contribution in [0, 0.1) is 0 Å². The minimum Gasteiger partial charge on any atom is -0.465 e. The number of ether oxygens (including phenoxy) is 1. The number of rotatable bonds is 5. The molecule has 0 aliphatic carbocycles. The Morgan fingerprint density at radius 2 is 1.59 bits per heavy atom. The third-order valence-corrected chi connectivity index (χ3v) is 6.76. The van der Waals surface area contributed by atoms with Crippen molar-refractivity contribution in [2.24, 2.45) is 0 Å². The van der Waals surface area contributed by atoms with Gasteiger partial charge in [-0.05, 0) is 55.3 Å². The first kappa shape index (κ1) is 21.0. The van der Waals surface area contributed by atoms with E-state index in [0.29, 0.717) is 24.3 Å². The first-order chi connectivity index (χ1) is 13.9. The predicted octanol–water partition coefficient (Wildman–Crippen LogP) is 3.29. The van der Waals surface area contributed by atoms with E-state index in [1.54, 1.807) is 36.4 Å². The van der Waals surface area contributed by atoms with Crippen molar-refractivity contribution in [2.45, 2.75) is 30.6 Å². The highest BCUT2D eigenvalue weighted by atomic mass is 32.2. The van der Waals surface area contributed by atoms with Crippen LogP contribution in [-0.2, 0) is 14.8 Å². The maximum absolute atomic E-state index is 13.0. The Kier molecular flexibility index (Phi) is 6.66. The number of carbonyl (C=O) groups is 2. The van der Waals surface area contributed by atoms with Crippen molar-refractivity contribution >= 4 is 27.6 Å². The first-order valence-electron chi connectivity index (χ1n) is 9.52. The van der Waals surface area contributed by atoms with Gasteiger partial charge in [0.1, 0.15) is 0 Å². The number of carbonyl (C=O) groups excluding carboxylic acids is 2. The topological polar surface area (TPSA) is 92.8 Å². The summed E-state index contributed by atoms with van der Waals surface area (Å²) in [5.41, 5.74) is 1.11. The number of anilines is 1. The summed E-state index contributed by atoms with van der Waals surface area (Å²) in [6, 6.07) is 12.3. The van der Waals surface area contributed by atoms with Gasteiger partial charge in [0.2, 0.25) is 10.0 Å². The highest BCUT2D eigenvalue weighted by molar-refractivity contribution is 7.89. The number of methoxy groups -OCH3 is 1. The molecule has 2 aromatic rings. The fourth-order valence-corrected chi connectivity index (χ4v) is 4.80. The first-order valence-corrected chi connectivity index (χ1v) is 11.0. The maximum atomic E-state index is 13.0. The molecule has 0 unspecified atom stereocenters. The molecule has 8 heteroatoms. The monoisotopic (exact) mass is 416 g/mol. The molecule has 0 bridgehead atoms. The summed E-state index contributed by atoms with van der Waals surface area (Å²) in [6.45, 7) is 1.01. The fourth-order valence-electron chi connectivity index (χ4n) is 3.24. The summed E-state index contributed by atoms with van der Waals surface area (Å²) < 4.78 is 32.1. The molecule has 29 heavy (non-hydrogen) atoms. The van der Waals surface area contributed by atoms with Crippen LogP contribution in [0.2, 0.25) is 0 Å². The molecule has 1 aliphatic rings. The molecule has 0 radical (unpaired) electrons. The molecule has 0 spiro atoms. The third kappa shape index (κ3) is 5.02. The van der Waals surface area contributed by atoms with E-state index in [2.05, 4.69) is 10.1 Å². The Bertz CT molecular complexity index is 978. The normalized spacial score (nSPS) is 15.3. The van der Waals surface area contributed by atoms with Gasteiger partial charge in [-0.3, -0.25) is 4.79 Å². The van der Waals surface area contributed by atoms with Crippen LogP contribution in [0.4, 0.5) is 5.69 Å². The average Bonchev–Trinajstić information content (AvgIpc) is 3.04. The van der Waals surface area contributed by atoms with Crippen molar-refractivity contribution in [3.8, 4) is 0 Å². The summed E-state index contributed by atoms with van der Waals surface area (Å²) in [7, 11) is -2.33. The van der Waals surface area contributed by atoms with Crippen molar-refractivity contribution in [3.05, 3.63) is 59.7 Å². The number of sulfonamides is 1. The Hall–Kier alpha value is -2.71. The summed E-state index contributed by atoms with van der Waals surface area (Å²) in [4.78, 5) is 24.2. The summed E-state index contributed by atoms with van der Waals surface area (Å²) in [5.74, 6) is -0.891. The highest BCUT2D eigenvalue weighted by Crippen LogP contribution is 2.21. The van der Waals surface area contributed by atoms with E-state index in [9.17, 15) is 18.0 Å². The standard InChI is InChI=1S/C21H24N2O5S/c1-28-21(25)16-9-11-18(12-10-16)22-20(24)17-7-6-8-19(15-17)29(26,27)23-13-4-2-3-5-14-23/h6-12,15H,2-5,13-14H2,1H3,(H,22,24). The van der Waals surface area contributed by atoms with Crippen molar-refractivity contribution in [1.82, 2.24) is 4.31 Å². The zero-order chi connectivity index (χ0) is 20.9. The second-order valence-corrected chi connectivity index (χ2v) is 8.81. The Labute approximate surface area is 170 Å². The van der Waals surface area contributed by atoms with Gasteiger partial charge in [0, 0.05) is 24.3 Å². The molecule has 1 heterocycles. The van der Waals surface area contributed by atoms with E-state index in [1.807, 2.05) is 0 Å². The lowest BCUT2D eigenvalue weighted by Gasteiger charge is -2.20. The lowest BCUT2D eigenvalue weighted by atomic mass is 10.2. The maximum Gasteiger partial charge on any atom is 0.337 e. The fraction of sp³-hybridized carbons (Fsp3) is 0.333. The average molecular weight is 416 g/mol. The van der Waals surface area contributed by atoms with Gasteiger partial charge in [-0.25, -0.2) is 13.2 Å². The van der Waals surface area contributed by atoms with Crippen LogP contribution in [0.25, 0.3) is 0 Å². The van der Waals surface area contributed by atoms with Crippen molar-refractivity contribution in [2.75, 3.05) is 25.5 Å². The molecule has 0 aromatic heterocycles. The number of amides is 1. The van der Waals surface area contributed by atoms with Crippen LogP contribution in [0.15, 0.2) is 53.4 Å². The van der Waals surface area contributed by atoms with Crippen LogP contribution in [-0.4, -0.2) is 44.8 Å². The minimum atomic E-state index is -3.63. The quantitative estimate of drug-likeness (QED) is 0.755. The smallest absolute Gasteiger partial charge is 0.337 e. The van der Waals surface area contributed by atoms with Crippen molar-refractivity contribution in [3.63, 3.8) is 0 Å². The van der Waals surface area contributed by atoms with Gasteiger partial charge >= 0.3 is 5.97 Å². The van der Waals surface area contributed by atoms with E-state index < -0.39 is 21.9 Å². The van der Waals surface area contributed by atoms with Gasteiger partial charge in [0.05, 0.1) is 17.6 Å². The molecule has 1 aliphatic heterocycles. The second-order valence-electron chi connectivity index (χ2n) is 6.87. The Morgan fingerprint density at radius 1 is 0.931 bits per heavy atom. The zero-order valence-corrected chi connectivity index (χ0v) is 17.1. The Balaban J connectivity index is 1.76. The minimum absolute atomic E-state index is 0.119. The predicted molar refractivity (Wildman–Crippen MR) is 109 cm³/mol. The van der Waals surface area contributed by atoms with Gasteiger partial charge in [-0.2, -0.15) is 4.31 Å².